The number of carbonyl (C=O) groups excluding carboxylic acids is 1. The first-order chi connectivity index (χ1) is 12.1. The second-order valence-corrected chi connectivity index (χ2v) is 8.38. The van der Waals surface area contributed by atoms with Gasteiger partial charge in [-0.1, -0.05) is 12.1 Å². The van der Waals surface area contributed by atoms with Crippen LogP contribution in [0.4, 0.5) is 0 Å². The number of benzene rings is 1. The van der Waals surface area contributed by atoms with E-state index in [4.69, 9.17) is 0 Å². The molecule has 1 fully saturated rings. The molecule has 0 bridgehead atoms. The molecule has 2 aromatic rings. The topological polar surface area (TPSA) is 79.4 Å². The summed E-state index contributed by atoms with van der Waals surface area (Å²) in [5, 5.41) is 4.62. The fourth-order valence-corrected chi connectivity index (χ4v) is 4.61. The summed E-state index contributed by atoms with van der Waals surface area (Å²) in [5.74, 6) is -0.221. The maximum absolute atomic E-state index is 12.5. The summed E-state index contributed by atoms with van der Waals surface area (Å²) in [7, 11) is -3.39. The molecular weight excluding hydrogens is 358 g/mol. The Bertz CT molecular complexity index is 838. The van der Waals surface area contributed by atoms with Gasteiger partial charge in [0.15, 0.2) is 0 Å². The lowest BCUT2D eigenvalue weighted by Crippen LogP contribution is -2.27. The smallest absolute Gasteiger partial charge is 0.244 e. The summed E-state index contributed by atoms with van der Waals surface area (Å²) in [6.45, 7) is 1.52. The van der Waals surface area contributed by atoms with Crippen molar-refractivity contribution in [3.8, 4) is 0 Å². The van der Waals surface area contributed by atoms with E-state index in [0.29, 0.717) is 24.5 Å². The van der Waals surface area contributed by atoms with Crippen molar-refractivity contribution in [3.63, 3.8) is 0 Å². The Labute approximate surface area is 151 Å². The van der Waals surface area contributed by atoms with E-state index in [1.165, 1.54) is 21.7 Å². The SMILES string of the molecule is O=C(/C=C/c1cscn1)NCc1ccc(S(=O)(=O)N2CCCC2)cc1. The minimum atomic E-state index is -3.39. The maximum Gasteiger partial charge on any atom is 0.244 e. The number of hydrogen-bond donors (Lipinski definition) is 1. The maximum atomic E-state index is 12.5. The predicted octanol–water partition coefficient (Wildman–Crippen LogP) is 2.26. The molecule has 1 amide bonds. The lowest BCUT2D eigenvalue weighted by molar-refractivity contribution is -0.116. The van der Waals surface area contributed by atoms with Crippen LogP contribution in [0.5, 0.6) is 0 Å². The largest absolute Gasteiger partial charge is 0.348 e. The number of nitrogens with zero attached hydrogens (tertiary/aromatic N) is 2. The van der Waals surface area contributed by atoms with E-state index in [9.17, 15) is 13.2 Å². The van der Waals surface area contributed by atoms with Crippen molar-refractivity contribution in [3.05, 3.63) is 52.5 Å². The summed E-state index contributed by atoms with van der Waals surface area (Å²) in [5.41, 5.74) is 3.29. The van der Waals surface area contributed by atoms with E-state index >= 15 is 0 Å². The van der Waals surface area contributed by atoms with Gasteiger partial charge in [-0.2, -0.15) is 4.31 Å². The Balaban J connectivity index is 1.56. The minimum absolute atomic E-state index is 0.221. The molecule has 0 aliphatic carbocycles. The molecule has 25 heavy (non-hydrogen) atoms. The fraction of sp³-hybridized carbons (Fsp3) is 0.294. The van der Waals surface area contributed by atoms with E-state index in [2.05, 4.69) is 10.3 Å². The van der Waals surface area contributed by atoms with Crippen LogP contribution in [-0.4, -0.2) is 36.7 Å². The zero-order valence-corrected chi connectivity index (χ0v) is 15.2. The molecule has 0 unspecified atom stereocenters. The number of aromatic nitrogens is 1. The molecule has 1 aromatic heterocycles. The van der Waals surface area contributed by atoms with Crippen LogP contribution in [-0.2, 0) is 21.4 Å². The average Bonchev–Trinajstić information content (AvgIpc) is 3.32. The van der Waals surface area contributed by atoms with Crippen LogP contribution in [0.2, 0.25) is 0 Å². The Kier molecular flexibility index (Phi) is 5.62. The van der Waals surface area contributed by atoms with Crippen molar-refractivity contribution in [2.75, 3.05) is 13.1 Å². The molecule has 1 aromatic carbocycles. The number of amides is 1. The van der Waals surface area contributed by atoms with E-state index in [-0.39, 0.29) is 5.91 Å². The van der Waals surface area contributed by atoms with Crippen molar-refractivity contribution in [2.24, 2.45) is 0 Å². The van der Waals surface area contributed by atoms with Gasteiger partial charge in [0.2, 0.25) is 15.9 Å². The molecule has 0 atom stereocenters. The van der Waals surface area contributed by atoms with Crippen LogP contribution < -0.4 is 5.32 Å². The van der Waals surface area contributed by atoms with Crippen molar-refractivity contribution < 1.29 is 13.2 Å². The highest BCUT2D eigenvalue weighted by molar-refractivity contribution is 7.89. The Morgan fingerprint density at radius 3 is 2.60 bits per heavy atom. The van der Waals surface area contributed by atoms with E-state index in [1.807, 2.05) is 5.38 Å². The summed E-state index contributed by atoms with van der Waals surface area (Å²) < 4.78 is 26.4. The zero-order chi connectivity index (χ0) is 17.7. The molecule has 1 N–H and O–H groups in total. The van der Waals surface area contributed by atoms with Crippen molar-refractivity contribution in [2.45, 2.75) is 24.3 Å². The van der Waals surface area contributed by atoms with E-state index < -0.39 is 10.0 Å². The van der Waals surface area contributed by atoms with Crippen LogP contribution in [0.25, 0.3) is 6.08 Å². The van der Waals surface area contributed by atoms with Crippen LogP contribution in [0.15, 0.2) is 46.1 Å². The van der Waals surface area contributed by atoms with Crippen molar-refractivity contribution in [1.82, 2.24) is 14.6 Å². The summed E-state index contributed by atoms with van der Waals surface area (Å²) >= 11 is 1.47. The van der Waals surface area contributed by atoms with Crippen LogP contribution >= 0.6 is 11.3 Å². The third-order valence-corrected chi connectivity index (χ3v) is 6.47. The first kappa shape index (κ1) is 17.8. The highest BCUT2D eigenvalue weighted by Crippen LogP contribution is 2.21. The third kappa shape index (κ3) is 4.53. The molecule has 0 saturated carbocycles. The summed E-state index contributed by atoms with van der Waals surface area (Å²) in [6, 6.07) is 6.65. The molecule has 8 heteroatoms. The monoisotopic (exact) mass is 377 g/mol. The molecule has 0 radical (unpaired) electrons. The van der Waals surface area contributed by atoms with Gasteiger partial charge in [0.05, 0.1) is 16.1 Å². The number of sulfonamides is 1. The van der Waals surface area contributed by atoms with Gasteiger partial charge in [-0.15, -0.1) is 11.3 Å². The Morgan fingerprint density at radius 2 is 1.96 bits per heavy atom. The van der Waals surface area contributed by atoms with Crippen LogP contribution in [0, 0.1) is 0 Å². The number of hydrogen-bond acceptors (Lipinski definition) is 5. The molecule has 1 saturated heterocycles. The van der Waals surface area contributed by atoms with Gasteiger partial charge in [0.25, 0.3) is 0 Å². The average molecular weight is 377 g/mol. The van der Waals surface area contributed by atoms with E-state index in [1.54, 1.807) is 35.9 Å². The van der Waals surface area contributed by atoms with Gasteiger partial charge in [0, 0.05) is 31.1 Å². The van der Waals surface area contributed by atoms with Gasteiger partial charge in [-0.05, 0) is 36.6 Å². The molecule has 1 aliphatic rings. The molecule has 6 nitrogen and oxygen atoms in total. The molecular formula is C17H19N3O3S2. The molecule has 0 spiro atoms. The van der Waals surface area contributed by atoms with Crippen LogP contribution in [0.3, 0.4) is 0 Å². The molecule has 3 rings (SSSR count). The first-order valence-corrected chi connectivity index (χ1v) is 10.4. The Morgan fingerprint density at radius 1 is 1.24 bits per heavy atom. The second kappa shape index (κ2) is 7.90. The van der Waals surface area contributed by atoms with Crippen molar-refractivity contribution in [1.29, 1.82) is 0 Å². The highest BCUT2D eigenvalue weighted by Gasteiger charge is 2.26. The predicted molar refractivity (Wildman–Crippen MR) is 97.4 cm³/mol. The quantitative estimate of drug-likeness (QED) is 0.783. The summed E-state index contributed by atoms with van der Waals surface area (Å²) in [4.78, 5) is 16.1. The highest BCUT2D eigenvalue weighted by atomic mass is 32.2. The van der Waals surface area contributed by atoms with Gasteiger partial charge in [-0.25, -0.2) is 13.4 Å². The fourth-order valence-electron chi connectivity index (χ4n) is 2.57. The third-order valence-electron chi connectivity index (χ3n) is 3.95. The second-order valence-electron chi connectivity index (χ2n) is 5.72. The van der Waals surface area contributed by atoms with E-state index in [0.717, 1.165) is 24.1 Å². The molecule has 2 heterocycles. The number of carbonyl (C=O) groups is 1. The van der Waals surface area contributed by atoms with Gasteiger partial charge >= 0.3 is 0 Å². The Hall–Kier alpha value is -2.03. The summed E-state index contributed by atoms with van der Waals surface area (Å²) in [6.07, 6.45) is 4.91. The molecule has 1 aliphatic heterocycles. The first-order valence-electron chi connectivity index (χ1n) is 7.99. The number of thiazole rings is 1. The number of rotatable bonds is 6. The molecule has 132 valence electrons. The van der Waals surface area contributed by atoms with Gasteiger partial charge < -0.3 is 5.32 Å². The van der Waals surface area contributed by atoms with Gasteiger partial charge in [0.1, 0.15) is 0 Å². The lowest BCUT2D eigenvalue weighted by Gasteiger charge is -2.15. The van der Waals surface area contributed by atoms with Gasteiger partial charge in [-0.3, -0.25) is 4.79 Å². The lowest BCUT2D eigenvalue weighted by atomic mass is 10.2. The standard InChI is InChI=1S/C17H19N3O3S2/c21-17(8-5-15-12-24-13-19-15)18-11-14-3-6-16(7-4-14)25(22,23)20-9-1-2-10-20/h3-8,12-13H,1-2,9-11H2,(H,18,21)/b8-5+. The normalized spacial score (nSPS) is 15.7. The zero-order valence-electron chi connectivity index (χ0n) is 13.6. The van der Waals surface area contributed by atoms with Crippen molar-refractivity contribution >= 4 is 33.3 Å². The number of nitrogens with one attached hydrogen (secondary N) is 1. The minimum Gasteiger partial charge on any atom is -0.348 e. The van der Waals surface area contributed by atoms with Crippen LogP contribution in [0.1, 0.15) is 24.1 Å².